The molecule has 4 bridgehead atoms. The third-order valence-electron chi connectivity index (χ3n) is 10.2. The van der Waals surface area contributed by atoms with Crippen molar-refractivity contribution in [3.8, 4) is 0 Å². The number of fused-ring (bicyclic) bond motifs is 4. The highest BCUT2D eigenvalue weighted by Gasteiger charge is 2.51. The Morgan fingerprint density at radius 3 is 1.07 bits per heavy atom. The lowest BCUT2D eigenvalue weighted by Crippen LogP contribution is -2.58. The minimum atomic E-state index is -0.0186. The van der Waals surface area contributed by atoms with Crippen molar-refractivity contribution in [2.75, 3.05) is 27.2 Å². The van der Waals surface area contributed by atoms with E-state index >= 15 is 0 Å². The molecule has 4 rings (SSSR count). The SMILES string of the molecule is C[N+]1(CCCCCCCCCC[N+]2(C)[C@@H]3CC[C@H]2CC(O)C3)[C@@H]2CC[C@H]1CC(O)C2. The highest BCUT2D eigenvalue weighted by Crippen LogP contribution is 2.42. The molecule has 0 aliphatic carbocycles. The maximum Gasteiger partial charge on any atom is 0.0917 e. The van der Waals surface area contributed by atoms with Gasteiger partial charge in [0.2, 0.25) is 0 Å². The monoisotopic (exact) mass is 422 g/mol. The second-order valence-corrected chi connectivity index (χ2v) is 12.0. The Kier molecular flexibility index (Phi) is 7.49. The van der Waals surface area contributed by atoms with Crippen molar-refractivity contribution in [2.45, 2.75) is 139 Å². The van der Waals surface area contributed by atoms with Crippen LogP contribution >= 0.6 is 0 Å². The van der Waals surface area contributed by atoms with Crippen LogP contribution in [0.3, 0.4) is 0 Å². The summed E-state index contributed by atoms with van der Waals surface area (Å²) in [6.45, 7) is 2.69. The topological polar surface area (TPSA) is 40.5 Å². The van der Waals surface area contributed by atoms with Gasteiger partial charge >= 0.3 is 0 Å². The van der Waals surface area contributed by atoms with E-state index < -0.39 is 0 Å². The highest BCUT2D eigenvalue weighted by atomic mass is 16.3. The van der Waals surface area contributed by atoms with Gasteiger partial charge in [-0.1, -0.05) is 25.7 Å². The van der Waals surface area contributed by atoms with Crippen LogP contribution < -0.4 is 0 Å². The molecule has 174 valence electrons. The molecule has 4 unspecified atom stereocenters. The van der Waals surface area contributed by atoms with E-state index in [4.69, 9.17) is 0 Å². The molecule has 4 heterocycles. The number of aliphatic hydroxyl groups excluding tert-OH is 2. The van der Waals surface area contributed by atoms with Gasteiger partial charge in [0.15, 0.2) is 0 Å². The molecule has 4 nitrogen and oxygen atoms in total. The zero-order chi connectivity index (χ0) is 21.2. The summed E-state index contributed by atoms with van der Waals surface area (Å²) in [7, 11) is 4.96. The molecule has 4 aliphatic rings. The normalized spacial score (nSPS) is 45.2. The van der Waals surface area contributed by atoms with Gasteiger partial charge in [-0.2, -0.15) is 0 Å². The first-order chi connectivity index (χ1) is 14.4. The first-order valence-electron chi connectivity index (χ1n) is 13.5. The lowest BCUT2D eigenvalue weighted by atomic mass is 9.96. The van der Waals surface area contributed by atoms with Gasteiger partial charge in [-0.05, 0) is 25.7 Å². The van der Waals surface area contributed by atoms with E-state index in [2.05, 4.69) is 14.1 Å². The molecule has 4 saturated heterocycles. The average Bonchev–Trinajstić information content (AvgIpc) is 2.98. The fourth-order valence-electron chi connectivity index (χ4n) is 8.12. The van der Waals surface area contributed by atoms with Crippen LogP contribution in [0.2, 0.25) is 0 Å². The minimum absolute atomic E-state index is 0.0186. The summed E-state index contributed by atoms with van der Waals surface area (Å²) in [5, 5.41) is 20.1. The standard InChI is InChI=1S/C26H50N2O2/c1-27(21-11-12-22(27)18-25(29)17-21)15-9-7-5-3-4-6-8-10-16-28(2)23-13-14-24(28)20-26(30)19-23/h21-26,29-30H,3-20H2,1-2H3/q+2/t21-,22+,23-,24+,25?,26?,27?,28?. The summed E-state index contributed by atoms with van der Waals surface area (Å²) < 4.78 is 2.54. The van der Waals surface area contributed by atoms with Crippen molar-refractivity contribution in [3.05, 3.63) is 0 Å². The van der Waals surface area contributed by atoms with Crippen molar-refractivity contribution >= 4 is 0 Å². The van der Waals surface area contributed by atoms with Crippen LogP contribution in [0.4, 0.5) is 0 Å². The summed E-state index contributed by atoms with van der Waals surface area (Å²) in [6.07, 6.45) is 20.7. The Balaban J connectivity index is 1.02. The highest BCUT2D eigenvalue weighted by molar-refractivity contribution is 4.86. The van der Waals surface area contributed by atoms with E-state index in [1.807, 2.05) is 0 Å². The molecular formula is C26H50N2O2+2. The molecule has 0 saturated carbocycles. The molecule has 4 aliphatic heterocycles. The van der Waals surface area contributed by atoms with Crippen LogP contribution in [0.25, 0.3) is 0 Å². The third kappa shape index (κ3) is 4.77. The van der Waals surface area contributed by atoms with Crippen LogP contribution in [0, 0.1) is 0 Å². The quantitative estimate of drug-likeness (QED) is 0.383. The second-order valence-electron chi connectivity index (χ2n) is 12.0. The lowest BCUT2D eigenvalue weighted by molar-refractivity contribution is -0.949. The van der Waals surface area contributed by atoms with Crippen LogP contribution in [0.5, 0.6) is 0 Å². The van der Waals surface area contributed by atoms with Crippen molar-refractivity contribution in [1.29, 1.82) is 0 Å². The molecule has 0 aromatic carbocycles. The molecule has 2 N–H and O–H groups in total. The number of piperidine rings is 2. The Morgan fingerprint density at radius 2 is 0.767 bits per heavy atom. The van der Waals surface area contributed by atoms with Crippen LogP contribution in [0.1, 0.15) is 103 Å². The fourth-order valence-corrected chi connectivity index (χ4v) is 8.12. The number of hydrogen-bond donors (Lipinski definition) is 2. The van der Waals surface area contributed by atoms with Crippen LogP contribution in [-0.2, 0) is 0 Å². The molecule has 0 radical (unpaired) electrons. The van der Waals surface area contributed by atoms with E-state index in [0.717, 1.165) is 49.9 Å². The predicted octanol–water partition coefficient (Wildman–Crippen LogP) is 4.37. The number of rotatable bonds is 11. The van der Waals surface area contributed by atoms with E-state index in [1.54, 1.807) is 0 Å². The maximum atomic E-state index is 10.1. The maximum absolute atomic E-state index is 10.1. The molecule has 4 fully saturated rings. The summed E-state index contributed by atoms with van der Waals surface area (Å²) in [6, 6.07) is 2.95. The van der Waals surface area contributed by atoms with E-state index in [-0.39, 0.29) is 12.2 Å². The Labute approximate surface area is 185 Å². The molecule has 0 aromatic rings. The van der Waals surface area contributed by atoms with Gasteiger partial charge < -0.3 is 19.2 Å². The molecule has 0 amide bonds. The van der Waals surface area contributed by atoms with Gasteiger partial charge in [-0.25, -0.2) is 0 Å². The Hall–Kier alpha value is -0.160. The molecule has 0 aromatic heterocycles. The molecule has 0 spiro atoms. The molecule has 30 heavy (non-hydrogen) atoms. The number of hydrogen-bond acceptors (Lipinski definition) is 2. The van der Waals surface area contributed by atoms with Gasteiger partial charge in [0.1, 0.15) is 0 Å². The number of quaternary nitrogens is 2. The molecular weight excluding hydrogens is 372 g/mol. The van der Waals surface area contributed by atoms with Gasteiger partial charge in [0.25, 0.3) is 0 Å². The average molecular weight is 423 g/mol. The number of nitrogens with zero attached hydrogens (tertiary/aromatic N) is 2. The predicted molar refractivity (Wildman–Crippen MR) is 123 cm³/mol. The minimum Gasteiger partial charge on any atom is -0.393 e. The smallest absolute Gasteiger partial charge is 0.0917 e. The Bertz CT molecular complexity index is 477. The zero-order valence-electron chi connectivity index (χ0n) is 20.0. The van der Waals surface area contributed by atoms with E-state index in [9.17, 15) is 10.2 Å². The summed E-state index contributed by atoms with van der Waals surface area (Å²) in [5.41, 5.74) is 0. The third-order valence-corrected chi connectivity index (χ3v) is 10.2. The van der Waals surface area contributed by atoms with E-state index in [0.29, 0.717) is 0 Å². The molecule has 8 atom stereocenters. The van der Waals surface area contributed by atoms with Crippen LogP contribution in [0.15, 0.2) is 0 Å². The van der Waals surface area contributed by atoms with Gasteiger partial charge in [-0.15, -0.1) is 0 Å². The van der Waals surface area contributed by atoms with Crippen molar-refractivity contribution in [1.82, 2.24) is 0 Å². The number of aliphatic hydroxyl groups is 2. The zero-order valence-corrected chi connectivity index (χ0v) is 20.0. The first-order valence-corrected chi connectivity index (χ1v) is 13.5. The second kappa shape index (κ2) is 9.77. The summed E-state index contributed by atoms with van der Waals surface area (Å²) in [4.78, 5) is 0. The van der Waals surface area contributed by atoms with Crippen molar-refractivity contribution in [3.63, 3.8) is 0 Å². The van der Waals surface area contributed by atoms with Crippen LogP contribution in [-0.4, -0.2) is 82.7 Å². The number of unbranched alkanes of at least 4 members (excludes halogenated alkanes) is 7. The lowest BCUT2D eigenvalue weighted by Gasteiger charge is -2.46. The summed E-state index contributed by atoms with van der Waals surface area (Å²) in [5.74, 6) is 0. The largest absolute Gasteiger partial charge is 0.393 e. The van der Waals surface area contributed by atoms with Gasteiger partial charge in [0, 0.05) is 51.4 Å². The van der Waals surface area contributed by atoms with Gasteiger partial charge in [-0.3, -0.25) is 0 Å². The van der Waals surface area contributed by atoms with Crippen molar-refractivity contribution < 1.29 is 19.2 Å². The summed E-state index contributed by atoms with van der Waals surface area (Å²) >= 11 is 0. The van der Waals surface area contributed by atoms with E-state index in [1.165, 1.54) is 99.1 Å². The molecule has 4 heteroatoms. The first kappa shape index (κ1) is 23.0. The fraction of sp³-hybridized carbons (Fsp3) is 1.00. The Morgan fingerprint density at radius 1 is 0.500 bits per heavy atom. The van der Waals surface area contributed by atoms with Gasteiger partial charge in [0.05, 0.1) is 63.6 Å². The van der Waals surface area contributed by atoms with Crippen molar-refractivity contribution in [2.24, 2.45) is 0 Å².